The summed E-state index contributed by atoms with van der Waals surface area (Å²) >= 11 is 3.26. The van der Waals surface area contributed by atoms with Crippen LogP contribution in [0.25, 0.3) is 21.6 Å². The van der Waals surface area contributed by atoms with Crippen LogP contribution in [0.4, 0.5) is 5.95 Å². The molecule has 1 saturated heterocycles. The number of hydrogen-bond donors (Lipinski definition) is 0. The number of fused-ring (bicyclic) bond motifs is 1. The van der Waals surface area contributed by atoms with Gasteiger partial charge in [-0.15, -0.1) is 11.8 Å². The maximum atomic E-state index is 6.32. The van der Waals surface area contributed by atoms with Gasteiger partial charge in [-0.1, -0.05) is 18.3 Å². The Bertz CT molecular complexity index is 1310. The van der Waals surface area contributed by atoms with Gasteiger partial charge < -0.3 is 9.64 Å². The Morgan fingerprint density at radius 3 is 2.50 bits per heavy atom. The number of anilines is 1. The van der Waals surface area contributed by atoms with E-state index in [-0.39, 0.29) is 6.10 Å². The van der Waals surface area contributed by atoms with Crippen LogP contribution < -0.4 is 9.64 Å². The van der Waals surface area contributed by atoms with Crippen LogP contribution in [-0.4, -0.2) is 49.9 Å². The lowest BCUT2D eigenvalue weighted by atomic mass is 9.92. The quantitative estimate of drug-likeness (QED) is 0.255. The molecule has 1 atom stereocenters. The minimum atomic E-state index is 0.0955. The SMILES string of the molecule is CCSc1ccc(-c2ccc3nc(OC(C)C4CCN(c5ncc(C6CC6)cn5)CC4)sc3n2)cn1. The third-order valence-electron chi connectivity index (χ3n) is 7.04. The Labute approximate surface area is 219 Å². The number of thiazole rings is 1. The lowest BCUT2D eigenvalue weighted by Gasteiger charge is -2.34. The van der Waals surface area contributed by atoms with Crippen LogP contribution >= 0.6 is 23.1 Å². The number of aromatic nitrogens is 5. The van der Waals surface area contributed by atoms with Gasteiger partial charge in [0.1, 0.15) is 16.5 Å². The second-order valence-electron chi connectivity index (χ2n) is 9.56. The molecular weight excluding hydrogens is 488 g/mol. The second-order valence-corrected chi connectivity index (χ2v) is 11.8. The predicted molar refractivity (Wildman–Crippen MR) is 146 cm³/mol. The Morgan fingerprint density at radius 1 is 1.00 bits per heavy atom. The minimum absolute atomic E-state index is 0.0955. The number of ether oxygens (including phenoxy) is 1. The fourth-order valence-electron chi connectivity index (χ4n) is 4.72. The van der Waals surface area contributed by atoms with Gasteiger partial charge in [-0.3, -0.25) is 0 Å². The highest BCUT2D eigenvalue weighted by atomic mass is 32.2. The molecular formula is C27H30N6OS2. The van der Waals surface area contributed by atoms with Gasteiger partial charge in [0.15, 0.2) is 0 Å². The number of nitrogens with zero attached hydrogens (tertiary/aromatic N) is 6. The number of thioether (sulfide) groups is 1. The molecule has 5 heterocycles. The average Bonchev–Trinajstić information content (AvgIpc) is 3.69. The molecule has 2 fully saturated rings. The first-order chi connectivity index (χ1) is 17.7. The van der Waals surface area contributed by atoms with Crippen molar-refractivity contribution in [2.24, 2.45) is 5.92 Å². The normalized spacial score (nSPS) is 17.4. The summed E-state index contributed by atoms with van der Waals surface area (Å²) in [4.78, 5) is 26.5. The van der Waals surface area contributed by atoms with Crippen LogP contribution in [0.1, 0.15) is 51.0 Å². The summed E-state index contributed by atoms with van der Waals surface area (Å²) in [6.07, 6.45) is 10.7. The van der Waals surface area contributed by atoms with Crippen molar-refractivity contribution < 1.29 is 4.74 Å². The van der Waals surface area contributed by atoms with Crippen LogP contribution in [0.3, 0.4) is 0 Å². The van der Waals surface area contributed by atoms with Crippen molar-refractivity contribution >= 4 is 39.4 Å². The van der Waals surface area contributed by atoms with Gasteiger partial charge in [0.25, 0.3) is 5.19 Å². The van der Waals surface area contributed by atoms with E-state index in [1.54, 1.807) is 11.8 Å². The van der Waals surface area contributed by atoms with Crippen molar-refractivity contribution in [3.05, 3.63) is 48.4 Å². The largest absolute Gasteiger partial charge is 0.467 e. The number of piperidine rings is 1. The lowest BCUT2D eigenvalue weighted by Crippen LogP contribution is -2.39. The fourth-order valence-corrected chi connectivity index (χ4v) is 6.18. The number of pyridine rings is 2. The molecule has 0 amide bonds. The van der Waals surface area contributed by atoms with E-state index >= 15 is 0 Å². The highest BCUT2D eigenvalue weighted by molar-refractivity contribution is 7.99. The van der Waals surface area contributed by atoms with Gasteiger partial charge in [0.05, 0.1) is 10.7 Å². The first-order valence-corrected chi connectivity index (χ1v) is 14.6. The highest BCUT2D eigenvalue weighted by Gasteiger charge is 2.28. The molecule has 186 valence electrons. The maximum absolute atomic E-state index is 6.32. The average molecular weight is 519 g/mol. The van der Waals surface area contributed by atoms with Gasteiger partial charge in [-0.05, 0) is 80.0 Å². The molecule has 0 bridgehead atoms. The molecule has 0 aromatic carbocycles. The zero-order chi connectivity index (χ0) is 24.5. The van der Waals surface area contributed by atoms with Gasteiger partial charge in [-0.25, -0.2) is 24.9 Å². The van der Waals surface area contributed by atoms with E-state index < -0.39 is 0 Å². The van der Waals surface area contributed by atoms with Crippen molar-refractivity contribution in [1.82, 2.24) is 24.9 Å². The topological polar surface area (TPSA) is 76.9 Å². The minimum Gasteiger partial charge on any atom is -0.467 e. The molecule has 9 heteroatoms. The molecule has 7 nitrogen and oxygen atoms in total. The second kappa shape index (κ2) is 10.3. The van der Waals surface area contributed by atoms with Crippen LogP contribution in [0, 0.1) is 5.92 Å². The molecule has 4 aromatic heterocycles. The van der Waals surface area contributed by atoms with Crippen LogP contribution in [-0.2, 0) is 0 Å². The summed E-state index contributed by atoms with van der Waals surface area (Å²) in [5.74, 6) is 3.04. The first kappa shape index (κ1) is 23.6. The van der Waals surface area contributed by atoms with Crippen molar-refractivity contribution in [2.45, 2.75) is 56.6 Å². The van der Waals surface area contributed by atoms with Crippen LogP contribution in [0.15, 0.2) is 47.9 Å². The number of hydrogen-bond acceptors (Lipinski definition) is 9. The molecule has 0 N–H and O–H groups in total. The third kappa shape index (κ3) is 5.18. The monoisotopic (exact) mass is 518 g/mol. The lowest BCUT2D eigenvalue weighted by molar-refractivity contribution is 0.132. The first-order valence-electron chi connectivity index (χ1n) is 12.8. The molecule has 1 unspecified atom stereocenters. The van der Waals surface area contributed by atoms with Gasteiger partial charge in [0.2, 0.25) is 5.95 Å². The van der Waals surface area contributed by atoms with Gasteiger partial charge >= 0.3 is 0 Å². The van der Waals surface area contributed by atoms with Crippen molar-refractivity contribution in [3.63, 3.8) is 0 Å². The van der Waals surface area contributed by atoms with E-state index in [1.807, 2.05) is 30.7 Å². The van der Waals surface area contributed by atoms with E-state index in [9.17, 15) is 0 Å². The smallest absolute Gasteiger partial charge is 0.276 e. The van der Waals surface area contributed by atoms with Crippen molar-refractivity contribution in [2.75, 3.05) is 23.7 Å². The molecule has 4 aromatic rings. The van der Waals surface area contributed by atoms with Gasteiger partial charge in [-0.2, -0.15) is 0 Å². The van der Waals surface area contributed by atoms with Crippen LogP contribution in [0.5, 0.6) is 5.19 Å². The van der Waals surface area contributed by atoms with Crippen molar-refractivity contribution in [1.29, 1.82) is 0 Å². The maximum Gasteiger partial charge on any atom is 0.276 e. The summed E-state index contributed by atoms with van der Waals surface area (Å²) in [5, 5.41) is 1.73. The molecule has 6 rings (SSSR count). The Balaban J connectivity index is 1.07. The highest BCUT2D eigenvalue weighted by Crippen LogP contribution is 2.39. The summed E-state index contributed by atoms with van der Waals surface area (Å²) < 4.78 is 6.32. The van der Waals surface area contributed by atoms with E-state index in [2.05, 4.69) is 45.8 Å². The molecule has 1 aliphatic heterocycles. The van der Waals surface area contributed by atoms with Crippen LogP contribution in [0.2, 0.25) is 0 Å². The molecule has 0 spiro atoms. The molecule has 1 aliphatic carbocycles. The number of rotatable bonds is 8. The van der Waals surface area contributed by atoms with Crippen molar-refractivity contribution in [3.8, 4) is 16.5 Å². The standard InChI is InChI=1S/C27H30N6OS2/c1-3-35-24-9-6-20(14-28-24)22-7-8-23-25(31-22)36-27(32-23)34-17(2)18-10-12-33(13-11-18)26-29-15-21(16-30-26)19-4-5-19/h6-9,14-19H,3-5,10-13H2,1-2H3. The van der Waals surface area contributed by atoms with E-state index in [4.69, 9.17) is 14.7 Å². The predicted octanol–water partition coefficient (Wildman–Crippen LogP) is 6.22. The molecule has 36 heavy (non-hydrogen) atoms. The van der Waals surface area contributed by atoms with Gasteiger partial charge in [0, 0.05) is 37.2 Å². The summed E-state index contributed by atoms with van der Waals surface area (Å²) in [6, 6.07) is 8.17. The Hall–Kier alpha value is -2.78. The third-order valence-corrected chi connectivity index (χ3v) is 8.72. The summed E-state index contributed by atoms with van der Waals surface area (Å²) in [5.41, 5.74) is 4.08. The van der Waals surface area contributed by atoms with E-state index in [1.165, 1.54) is 29.7 Å². The summed E-state index contributed by atoms with van der Waals surface area (Å²) in [7, 11) is 0. The fraction of sp³-hybridized carbons (Fsp3) is 0.444. The van der Waals surface area contributed by atoms with E-state index in [0.717, 1.165) is 64.3 Å². The summed E-state index contributed by atoms with van der Waals surface area (Å²) in [6.45, 7) is 6.20. The molecule has 1 saturated carbocycles. The Kier molecular flexibility index (Phi) is 6.75. The molecule has 0 radical (unpaired) electrons. The van der Waals surface area contributed by atoms with E-state index in [0.29, 0.717) is 17.0 Å². The Morgan fingerprint density at radius 2 is 1.81 bits per heavy atom. The zero-order valence-corrected chi connectivity index (χ0v) is 22.3. The molecule has 2 aliphatic rings. The zero-order valence-electron chi connectivity index (χ0n) is 20.6.